The molecule has 0 aliphatic heterocycles. The van der Waals surface area contributed by atoms with Gasteiger partial charge in [-0.2, -0.15) is 0 Å². The molecule has 1 rings (SSSR count). The first kappa shape index (κ1) is 12.7. The van der Waals surface area contributed by atoms with Gasteiger partial charge in [-0.05, 0) is 12.3 Å². The van der Waals surface area contributed by atoms with Crippen molar-refractivity contribution in [2.24, 2.45) is 11.3 Å². The van der Waals surface area contributed by atoms with Gasteiger partial charge in [0.2, 0.25) is 0 Å². The lowest BCUT2D eigenvalue weighted by atomic mass is 9.59. The summed E-state index contributed by atoms with van der Waals surface area (Å²) in [4.78, 5) is 11.5. The monoisotopic (exact) mass is 212 g/mol. The molecule has 0 aromatic heterocycles. The molecule has 2 nitrogen and oxygen atoms in total. The van der Waals surface area contributed by atoms with Crippen LogP contribution in [0.5, 0.6) is 0 Å². The molecular formula is C13H24O2. The SMILES string of the molecule is CCCCC1(O)C(C)CC(=O)CC1(C)C. The molecule has 0 bridgehead atoms. The molecule has 1 N–H and O–H groups in total. The van der Waals surface area contributed by atoms with Gasteiger partial charge in [-0.1, -0.05) is 40.5 Å². The Hall–Kier alpha value is -0.370. The van der Waals surface area contributed by atoms with E-state index in [0.717, 1.165) is 19.3 Å². The number of unbranched alkanes of at least 4 members (excludes halogenated alkanes) is 1. The van der Waals surface area contributed by atoms with Crippen molar-refractivity contribution in [3.63, 3.8) is 0 Å². The number of carbonyl (C=O) groups excluding carboxylic acids is 1. The van der Waals surface area contributed by atoms with Crippen LogP contribution in [0.1, 0.15) is 59.8 Å². The Bertz CT molecular complexity index is 245. The fraction of sp³-hybridized carbons (Fsp3) is 0.923. The number of ketones is 1. The number of hydrogen-bond acceptors (Lipinski definition) is 2. The molecule has 0 aromatic carbocycles. The summed E-state index contributed by atoms with van der Waals surface area (Å²) in [5.41, 5.74) is -0.923. The van der Waals surface area contributed by atoms with Crippen LogP contribution in [-0.2, 0) is 4.79 Å². The van der Waals surface area contributed by atoms with Crippen LogP contribution in [0.25, 0.3) is 0 Å². The summed E-state index contributed by atoms with van der Waals surface area (Å²) in [5.74, 6) is 0.397. The molecule has 15 heavy (non-hydrogen) atoms. The van der Waals surface area contributed by atoms with Gasteiger partial charge in [-0.25, -0.2) is 0 Å². The van der Waals surface area contributed by atoms with Crippen LogP contribution in [0.3, 0.4) is 0 Å². The van der Waals surface area contributed by atoms with E-state index in [2.05, 4.69) is 6.92 Å². The molecule has 0 aromatic rings. The van der Waals surface area contributed by atoms with E-state index in [1.165, 1.54) is 0 Å². The Morgan fingerprint density at radius 2 is 2.07 bits per heavy atom. The molecule has 2 atom stereocenters. The average molecular weight is 212 g/mol. The number of Topliss-reactive ketones (excluding diaryl/α,β-unsaturated/α-hetero) is 1. The third-order valence-corrected chi connectivity index (χ3v) is 4.07. The van der Waals surface area contributed by atoms with Crippen LogP contribution < -0.4 is 0 Å². The summed E-state index contributed by atoms with van der Waals surface area (Å²) >= 11 is 0. The van der Waals surface area contributed by atoms with Crippen molar-refractivity contribution in [1.29, 1.82) is 0 Å². The summed E-state index contributed by atoms with van der Waals surface area (Å²) < 4.78 is 0. The summed E-state index contributed by atoms with van der Waals surface area (Å²) in [7, 11) is 0. The fourth-order valence-corrected chi connectivity index (χ4v) is 2.93. The lowest BCUT2D eigenvalue weighted by Crippen LogP contribution is -2.54. The molecule has 1 fully saturated rings. The molecule has 0 saturated heterocycles. The third kappa shape index (κ3) is 2.25. The molecule has 0 amide bonds. The van der Waals surface area contributed by atoms with Gasteiger partial charge < -0.3 is 5.11 Å². The van der Waals surface area contributed by atoms with Crippen molar-refractivity contribution in [1.82, 2.24) is 0 Å². The van der Waals surface area contributed by atoms with Crippen LogP contribution in [-0.4, -0.2) is 16.5 Å². The van der Waals surface area contributed by atoms with Crippen molar-refractivity contribution in [2.75, 3.05) is 0 Å². The lowest BCUT2D eigenvalue weighted by molar-refractivity contribution is -0.158. The minimum Gasteiger partial charge on any atom is -0.389 e. The molecule has 0 heterocycles. The van der Waals surface area contributed by atoms with Gasteiger partial charge in [0.05, 0.1) is 5.60 Å². The number of carbonyl (C=O) groups is 1. The first-order valence-electron chi connectivity index (χ1n) is 6.07. The molecule has 2 unspecified atom stereocenters. The zero-order chi connectivity index (χ0) is 11.7. The van der Waals surface area contributed by atoms with E-state index in [1.807, 2.05) is 20.8 Å². The minimum absolute atomic E-state index is 0.0975. The molecule has 0 radical (unpaired) electrons. The first-order valence-corrected chi connectivity index (χ1v) is 6.07. The smallest absolute Gasteiger partial charge is 0.133 e. The summed E-state index contributed by atoms with van der Waals surface area (Å²) in [5, 5.41) is 10.8. The highest BCUT2D eigenvalue weighted by molar-refractivity contribution is 5.80. The maximum atomic E-state index is 11.5. The second-order valence-electron chi connectivity index (χ2n) is 5.73. The van der Waals surface area contributed by atoms with Gasteiger partial charge in [-0.15, -0.1) is 0 Å². The summed E-state index contributed by atoms with van der Waals surface area (Å²) in [6.07, 6.45) is 4.03. The third-order valence-electron chi connectivity index (χ3n) is 4.07. The van der Waals surface area contributed by atoms with Crippen LogP contribution in [0.2, 0.25) is 0 Å². The van der Waals surface area contributed by atoms with Gasteiger partial charge in [0.25, 0.3) is 0 Å². The Labute approximate surface area is 93.1 Å². The molecule has 88 valence electrons. The van der Waals surface area contributed by atoms with Crippen LogP contribution in [0.4, 0.5) is 0 Å². The topological polar surface area (TPSA) is 37.3 Å². The van der Waals surface area contributed by atoms with E-state index < -0.39 is 5.60 Å². The maximum absolute atomic E-state index is 11.5. The van der Waals surface area contributed by atoms with E-state index in [9.17, 15) is 9.90 Å². The largest absolute Gasteiger partial charge is 0.389 e. The van der Waals surface area contributed by atoms with Gasteiger partial charge in [0.15, 0.2) is 0 Å². The van der Waals surface area contributed by atoms with E-state index in [4.69, 9.17) is 0 Å². The highest BCUT2D eigenvalue weighted by Gasteiger charge is 2.51. The Morgan fingerprint density at radius 3 is 2.53 bits per heavy atom. The number of rotatable bonds is 3. The van der Waals surface area contributed by atoms with Gasteiger partial charge >= 0.3 is 0 Å². The van der Waals surface area contributed by atoms with Crippen LogP contribution >= 0.6 is 0 Å². The molecule has 1 saturated carbocycles. The summed E-state index contributed by atoms with van der Waals surface area (Å²) in [6.45, 7) is 8.19. The predicted octanol–water partition coefficient (Wildman–Crippen LogP) is 2.93. The second-order valence-corrected chi connectivity index (χ2v) is 5.73. The highest BCUT2D eigenvalue weighted by atomic mass is 16.3. The van der Waals surface area contributed by atoms with E-state index >= 15 is 0 Å². The maximum Gasteiger partial charge on any atom is 0.133 e. The standard InChI is InChI=1S/C13H24O2/c1-5-6-7-13(15)10(2)8-11(14)9-12(13,3)4/h10,15H,5-9H2,1-4H3. The second kappa shape index (κ2) is 4.25. The summed E-state index contributed by atoms with van der Waals surface area (Å²) in [6, 6.07) is 0. The van der Waals surface area contributed by atoms with Gasteiger partial charge in [0, 0.05) is 18.3 Å². The van der Waals surface area contributed by atoms with Crippen molar-refractivity contribution < 1.29 is 9.90 Å². The molecule has 2 heteroatoms. The van der Waals surface area contributed by atoms with Crippen LogP contribution in [0.15, 0.2) is 0 Å². The van der Waals surface area contributed by atoms with E-state index in [-0.39, 0.29) is 11.3 Å². The van der Waals surface area contributed by atoms with Crippen molar-refractivity contribution in [3.05, 3.63) is 0 Å². The lowest BCUT2D eigenvalue weighted by Gasteiger charge is -2.50. The Morgan fingerprint density at radius 1 is 1.47 bits per heavy atom. The highest BCUT2D eigenvalue weighted by Crippen LogP contribution is 2.48. The van der Waals surface area contributed by atoms with Gasteiger partial charge in [0.1, 0.15) is 5.78 Å². The Kier molecular flexibility index (Phi) is 3.59. The van der Waals surface area contributed by atoms with Crippen LogP contribution in [0, 0.1) is 11.3 Å². The van der Waals surface area contributed by atoms with E-state index in [0.29, 0.717) is 18.6 Å². The predicted molar refractivity (Wildman–Crippen MR) is 61.7 cm³/mol. The zero-order valence-electron chi connectivity index (χ0n) is 10.5. The Balaban J connectivity index is 2.86. The normalized spacial score (nSPS) is 35.5. The van der Waals surface area contributed by atoms with E-state index in [1.54, 1.807) is 0 Å². The van der Waals surface area contributed by atoms with Crippen molar-refractivity contribution in [3.8, 4) is 0 Å². The van der Waals surface area contributed by atoms with Gasteiger partial charge in [-0.3, -0.25) is 4.79 Å². The molecule has 0 spiro atoms. The van der Waals surface area contributed by atoms with Crippen molar-refractivity contribution in [2.45, 2.75) is 65.4 Å². The molecule has 1 aliphatic carbocycles. The quantitative estimate of drug-likeness (QED) is 0.781. The molecule has 1 aliphatic rings. The molecular weight excluding hydrogens is 188 g/mol. The average Bonchev–Trinajstić information content (AvgIpc) is 2.10. The first-order chi connectivity index (χ1) is 6.83. The number of hydrogen-bond donors (Lipinski definition) is 1. The number of aliphatic hydroxyl groups is 1. The minimum atomic E-state index is -0.656. The zero-order valence-corrected chi connectivity index (χ0v) is 10.5. The van der Waals surface area contributed by atoms with Crippen molar-refractivity contribution >= 4 is 5.78 Å². The fourth-order valence-electron chi connectivity index (χ4n) is 2.93.